The molecule has 0 saturated carbocycles. The maximum absolute atomic E-state index is 12.7. The van der Waals surface area contributed by atoms with Crippen LogP contribution < -0.4 is 10.6 Å². The van der Waals surface area contributed by atoms with E-state index in [1.54, 1.807) is 20.8 Å². The van der Waals surface area contributed by atoms with Crippen LogP contribution in [0.2, 0.25) is 0 Å². The van der Waals surface area contributed by atoms with Gasteiger partial charge in [0.05, 0.1) is 12.4 Å². The second kappa shape index (κ2) is 8.05. The Morgan fingerprint density at radius 3 is 2.20 bits per heavy atom. The Morgan fingerprint density at radius 2 is 1.76 bits per heavy atom. The molecule has 0 aliphatic rings. The van der Waals surface area contributed by atoms with Gasteiger partial charge in [0.25, 0.3) is 5.91 Å². The number of amides is 2. The monoisotopic (exact) mass is 454 g/mol. The second-order valence-electron chi connectivity index (χ2n) is 6.88. The zero-order valence-electron chi connectivity index (χ0n) is 14.6. The van der Waals surface area contributed by atoms with E-state index in [9.17, 15) is 9.59 Å². The third-order valence-corrected chi connectivity index (χ3v) is 3.48. The highest BCUT2D eigenvalue weighted by molar-refractivity contribution is 9.10. The Balaban J connectivity index is 2.98. The Labute approximate surface area is 165 Å². The van der Waals surface area contributed by atoms with Crippen molar-refractivity contribution in [3.8, 4) is 0 Å². The number of rotatable bonds is 5. The summed E-state index contributed by atoms with van der Waals surface area (Å²) in [5.41, 5.74) is -2.15. The molecule has 0 aliphatic heterocycles. The van der Waals surface area contributed by atoms with Crippen LogP contribution in [0.25, 0.3) is 0 Å². The molecule has 1 aromatic rings. The molecule has 0 fully saturated rings. The van der Waals surface area contributed by atoms with E-state index in [1.165, 1.54) is 26.2 Å². The average molecular weight is 456 g/mol. The van der Waals surface area contributed by atoms with E-state index < -0.39 is 27.5 Å². The molecule has 1 aromatic heterocycles. The summed E-state index contributed by atoms with van der Waals surface area (Å²) in [6.45, 7) is 8.18. The Bertz CT molecular complexity index is 629. The van der Waals surface area contributed by atoms with E-state index >= 15 is 0 Å². The van der Waals surface area contributed by atoms with Crippen molar-refractivity contribution in [1.82, 2.24) is 15.3 Å². The van der Waals surface area contributed by atoms with E-state index in [1.807, 2.05) is 0 Å². The van der Waals surface area contributed by atoms with Gasteiger partial charge in [-0.1, -0.05) is 0 Å². The van der Waals surface area contributed by atoms with E-state index in [2.05, 4.69) is 36.5 Å². The Morgan fingerprint density at radius 1 is 1.16 bits per heavy atom. The van der Waals surface area contributed by atoms with Gasteiger partial charge in [-0.2, -0.15) is 0 Å². The Kier molecular flexibility index (Phi) is 7.06. The van der Waals surface area contributed by atoms with Crippen LogP contribution in [0.4, 0.5) is 10.6 Å². The minimum atomic E-state index is -1.44. The number of alkyl halides is 2. The van der Waals surface area contributed by atoms with Gasteiger partial charge in [0.1, 0.15) is 20.1 Å². The molecule has 1 rings (SSSR count). The summed E-state index contributed by atoms with van der Waals surface area (Å²) < 4.78 is 4.48. The highest BCUT2D eigenvalue weighted by Crippen LogP contribution is 2.31. The van der Waals surface area contributed by atoms with Crippen molar-refractivity contribution in [2.75, 3.05) is 5.32 Å². The first-order valence-corrected chi connectivity index (χ1v) is 8.93. The number of hydrogen-bond donors (Lipinski definition) is 2. The van der Waals surface area contributed by atoms with Gasteiger partial charge in [0.15, 0.2) is 5.82 Å². The van der Waals surface area contributed by atoms with Gasteiger partial charge in [-0.15, -0.1) is 23.2 Å². The number of anilines is 1. The smallest absolute Gasteiger partial charge is 0.408 e. The van der Waals surface area contributed by atoms with Gasteiger partial charge in [0, 0.05) is 6.42 Å². The molecule has 0 aromatic carbocycles. The lowest BCUT2D eigenvalue weighted by molar-refractivity contribution is -0.122. The molecule has 0 aliphatic carbocycles. The van der Waals surface area contributed by atoms with Gasteiger partial charge < -0.3 is 15.4 Å². The van der Waals surface area contributed by atoms with E-state index in [0.29, 0.717) is 4.60 Å². The summed E-state index contributed by atoms with van der Waals surface area (Å²) in [7, 11) is 0. The summed E-state index contributed by atoms with van der Waals surface area (Å²) in [5.74, 6) is -0.334. The van der Waals surface area contributed by atoms with Crippen molar-refractivity contribution < 1.29 is 14.3 Å². The lowest BCUT2D eigenvalue weighted by Gasteiger charge is -2.33. The molecule has 10 heteroatoms. The third kappa shape index (κ3) is 8.20. The van der Waals surface area contributed by atoms with E-state index in [0.717, 1.165) is 0 Å². The largest absolute Gasteiger partial charge is 0.444 e. The van der Waals surface area contributed by atoms with Gasteiger partial charge in [-0.3, -0.25) is 4.79 Å². The topological polar surface area (TPSA) is 93.2 Å². The van der Waals surface area contributed by atoms with Crippen LogP contribution in [-0.4, -0.2) is 37.4 Å². The molecule has 1 heterocycles. The molecule has 0 saturated heterocycles. The van der Waals surface area contributed by atoms with Gasteiger partial charge in [-0.05, 0) is 50.5 Å². The van der Waals surface area contributed by atoms with Crippen LogP contribution in [0.1, 0.15) is 41.0 Å². The summed E-state index contributed by atoms with van der Waals surface area (Å²) in [5, 5.41) is 5.12. The number of carbonyl (C=O) groups is 2. The normalized spacial score (nSPS) is 14.4. The molecule has 1 atom stereocenters. The van der Waals surface area contributed by atoms with Gasteiger partial charge >= 0.3 is 6.09 Å². The summed E-state index contributed by atoms with van der Waals surface area (Å²) in [4.78, 5) is 32.8. The molecule has 0 bridgehead atoms. The third-order valence-electron chi connectivity index (χ3n) is 2.80. The molecule has 0 spiro atoms. The van der Waals surface area contributed by atoms with E-state index in [-0.39, 0.29) is 12.2 Å². The fraction of sp³-hybridized carbons (Fsp3) is 0.600. The van der Waals surface area contributed by atoms with Crippen molar-refractivity contribution in [3.05, 3.63) is 17.0 Å². The Hall–Kier alpha value is -1.12. The van der Waals surface area contributed by atoms with Crippen LogP contribution in [0.3, 0.4) is 0 Å². The predicted octanol–water partition coefficient (Wildman–Crippen LogP) is 4.04. The number of carbonyl (C=O) groups excluding carboxylic acids is 2. The molecular formula is C15H21BrCl2N4O3. The van der Waals surface area contributed by atoms with Gasteiger partial charge in [0.2, 0.25) is 0 Å². The standard InChI is InChI=1S/C15H21BrCl2N4O3/c1-13(2,3)25-12(24)22-14(4,8-15(5,17)18)11(23)21-10-7-19-9(16)6-20-10/h6-7H,8H2,1-5H3,(H,22,24)(H,20,21,23)/t14-/m0/s1. The molecule has 0 radical (unpaired) electrons. The number of nitrogens with one attached hydrogen (secondary N) is 2. The maximum atomic E-state index is 12.7. The highest BCUT2D eigenvalue weighted by Gasteiger charge is 2.41. The zero-order valence-corrected chi connectivity index (χ0v) is 17.7. The minimum Gasteiger partial charge on any atom is -0.444 e. The lowest BCUT2D eigenvalue weighted by atomic mass is 9.94. The quantitative estimate of drug-likeness (QED) is 0.653. The maximum Gasteiger partial charge on any atom is 0.408 e. The summed E-state index contributed by atoms with van der Waals surface area (Å²) >= 11 is 15.3. The van der Waals surface area contributed by atoms with Crippen molar-refractivity contribution >= 4 is 57.0 Å². The van der Waals surface area contributed by atoms with E-state index in [4.69, 9.17) is 27.9 Å². The average Bonchev–Trinajstić information content (AvgIpc) is 2.36. The molecular weight excluding hydrogens is 435 g/mol. The number of nitrogens with zero attached hydrogens (tertiary/aromatic N) is 2. The number of halogens is 3. The van der Waals surface area contributed by atoms with Gasteiger partial charge in [-0.25, -0.2) is 14.8 Å². The van der Waals surface area contributed by atoms with Crippen LogP contribution >= 0.6 is 39.1 Å². The van der Waals surface area contributed by atoms with Crippen molar-refractivity contribution in [2.45, 2.75) is 56.5 Å². The first kappa shape index (κ1) is 21.9. The predicted molar refractivity (Wildman–Crippen MR) is 101 cm³/mol. The fourth-order valence-electron chi connectivity index (χ4n) is 1.96. The van der Waals surface area contributed by atoms with Crippen molar-refractivity contribution in [2.24, 2.45) is 0 Å². The number of hydrogen-bond acceptors (Lipinski definition) is 5. The van der Waals surface area contributed by atoms with Crippen LogP contribution in [0, 0.1) is 0 Å². The van der Waals surface area contributed by atoms with Crippen LogP contribution in [0.15, 0.2) is 17.0 Å². The highest BCUT2D eigenvalue weighted by atomic mass is 79.9. The molecule has 2 N–H and O–H groups in total. The number of ether oxygens (including phenoxy) is 1. The summed E-state index contributed by atoms with van der Waals surface area (Å²) in [6, 6.07) is 0. The molecule has 140 valence electrons. The van der Waals surface area contributed by atoms with Crippen LogP contribution in [-0.2, 0) is 9.53 Å². The molecule has 7 nitrogen and oxygen atoms in total. The first-order valence-electron chi connectivity index (χ1n) is 7.38. The second-order valence-corrected chi connectivity index (χ2v) is 9.56. The van der Waals surface area contributed by atoms with Crippen LogP contribution in [0.5, 0.6) is 0 Å². The minimum absolute atomic E-state index is 0.0574. The molecule has 2 amide bonds. The van der Waals surface area contributed by atoms with Crippen molar-refractivity contribution in [1.29, 1.82) is 0 Å². The SMILES string of the molecule is CC(Cl)(Cl)C[C@](C)(NC(=O)OC(C)(C)C)C(=O)Nc1cnc(Br)cn1. The number of aromatic nitrogens is 2. The van der Waals surface area contributed by atoms with Crippen molar-refractivity contribution in [3.63, 3.8) is 0 Å². The lowest BCUT2D eigenvalue weighted by Crippen LogP contribution is -2.57. The zero-order chi connectivity index (χ0) is 19.5. The summed E-state index contributed by atoms with van der Waals surface area (Å²) in [6.07, 6.45) is 1.99. The first-order chi connectivity index (χ1) is 11.2. The molecule has 0 unspecified atom stereocenters. The number of alkyl carbamates (subject to hydrolysis) is 1. The molecule has 25 heavy (non-hydrogen) atoms. The fourth-order valence-corrected chi connectivity index (χ4v) is 2.70.